The first-order valence-electron chi connectivity index (χ1n) is 17.6. The number of benzene rings is 8. The topological polar surface area (TPSA) is 26.0 Å². The van der Waals surface area contributed by atoms with Gasteiger partial charge in [0, 0.05) is 63.8 Å². The molecule has 0 saturated heterocycles. The van der Waals surface area contributed by atoms with Crippen LogP contribution in [0.3, 0.4) is 0 Å². The maximum absolute atomic E-state index is 6.73. The van der Waals surface area contributed by atoms with Crippen molar-refractivity contribution in [2.24, 2.45) is 0 Å². The van der Waals surface area contributed by atoms with E-state index in [0.717, 1.165) is 61.0 Å². The number of thiophene rings is 1. The minimum absolute atomic E-state index is 0.919. The number of rotatable bonds is 4. The van der Waals surface area contributed by atoms with E-state index in [0.29, 0.717) is 0 Å². The highest BCUT2D eigenvalue weighted by molar-refractivity contribution is 7.27. The normalized spacial score (nSPS) is 11.8. The van der Waals surface area contributed by atoms with E-state index in [9.17, 15) is 0 Å². The fraction of sp³-hybridized carbons (Fsp3) is 0. The van der Waals surface area contributed by atoms with E-state index >= 15 is 0 Å². The molecule has 8 aromatic carbocycles. The van der Waals surface area contributed by atoms with Gasteiger partial charge in [0.2, 0.25) is 0 Å². The fourth-order valence-corrected chi connectivity index (χ4v) is 9.39. The van der Waals surface area contributed by atoms with Crippen molar-refractivity contribution in [1.29, 1.82) is 0 Å². The number of hydrogen-bond donors (Lipinski definition) is 0. The maximum Gasteiger partial charge on any atom is 0.143 e. The number of furan rings is 1. The number of pyridine rings is 1. The van der Waals surface area contributed by atoms with Crippen LogP contribution in [-0.4, -0.2) is 4.98 Å². The molecule has 11 rings (SSSR count). The van der Waals surface area contributed by atoms with Crippen LogP contribution in [0.15, 0.2) is 180 Å². The highest BCUT2D eigenvalue weighted by Gasteiger charge is 2.19. The van der Waals surface area contributed by atoms with E-state index in [1.54, 1.807) is 0 Å². The van der Waals surface area contributed by atoms with Gasteiger partial charge < -0.3 is 4.42 Å². The Morgan fingerprint density at radius 2 is 0.904 bits per heavy atom. The van der Waals surface area contributed by atoms with Gasteiger partial charge in [-0.05, 0) is 34.4 Å². The lowest BCUT2D eigenvalue weighted by Gasteiger charge is -2.11. The molecular formula is C49H29NOS. The van der Waals surface area contributed by atoms with Gasteiger partial charge in [-0.25, -0.2) is 4.98 Å². The van der Waals surface area contributed by atoms with Crippen LogP contribution in [0.2, 0.25) is 0 Å². The second-order valence-corrected chi connectivity index (χ2v) is 14.5. The fourth-order valence-electron chi connectivity index (χ4n) is 8.10. The molecule has 0 aliphatic carbocycles. The van der Waals surface area contributed by atoms with Crippen molar-refractivity contribution < 1.29 is 4.42 Å². The first-order chi connectivity index (χ1) is 25.8. The van der Waals surface area contributed by atoms with E-state index in [1.165, 1.54) is 47.5 Å². The molecular weight excluding hydrogens is 651 g/mol. The molecule has 0 bridgehead atoms. The quantitative estimate of drug-likeness (QED) is 0.173. The van der Waals surface area contributed by atoms with Crippen molar-refractivity contribution in [3.05, 3.63) is 176 Å². The molecule has 0 N–H and O–H groups in total. The summed E-state index contributed by atoms with van der Waals surface area (Å²) in [5.74, 6) is 0. The highest BCUT2D eigenvalue weighted by atomic mass is 32.1. The average Bonchev–Trinajstić information content (AvgIpc) is 3.80. The monoisotopic (exact) mass is 679 g/mol. The number of fused-ring (bicyclic) bond motifs is 10. The Kier molecular flexibility index (Phi) is 6.46. The van der Waals surface area contributed by atoms with E-state index in [4.69, 9.17) is 9.40 Å². The van der Waals surface area contributed by atoms with Crippen LogP contribution in [-0.2, 0) is 0 Å². The molecule has 242 valence electrons. The molecule has 2 nitrogen and oxygen atoms in total. The molecule has 3 heterocycles. The van der Waals surface area contributed by atoms with Gasteiger partial charge in [0.05, 0.1) is 11.2 Å². The number of para-hydroxylation sites is 3. The van der Waals surface area contributed by atoms with Gasteiger partial charge >= 0.3 is 0 Å². The molecule has 0 aliphatic rings. The summed E-state index contributed by atoms with van der Waals surface area (Å²) in [5.41, 5.74) is 12.0. The first-order valence-corrected chi connectivity index (χ1v) is 18.4. The molecule has 0 atom stereocenters. The van der Waals surface area contributed by atoms with Gasteiger partial charge in [-0.1, -0.05) is 164 Å². The SMILES string of the molecule is c1ccc(-c2nc3ccccc3c3c2ccc2c3sc3cccc(-c4ccc(-c5cccc6c5oc5c(-c7ccccc7)cccc56)cc4)c32)cc1. The summed E-state index contributed by atoms with van der Waals surface area (Å²) in [4.78, 5) is 5.18. The second kappa shape index (κ2) is 11.5. The third-order valence-electron chi connectivity index (χ3n) is 10.5. The molecule has 0 unspecified atom stereocenters. The molecule has 52 heavy (non-hydrogen) atoms. The summed E-state index contributed by atoms with van der Waals surface area (Å²) in [6.07, 6.45) is 0. The Bertz CT molecular complexity index is 3160. The molecule has 0 spiro atoms. The third kappa shape index (κ3) is 4.40. The minimum atomic E-state index is 0.919. The second-order valence-electron chi connectivity index (χ2n) is 13.4. The van der Waals surface area contributed by atoms with Crippen molar-refractivity contribution >= 4 is 75.1 Å². The summed E-state index contributed by atoms with van der Waals surface area (Å²) in [6.45, 7) is 0. The Morgan fingerprint density at radius 3 is 1.62 bits per heavy atom. The molecule has 0 saturated carbocycles. The van der Waals surface area contributed by atoms with Crippen LogP contribution in [0, 0.1) is 0 Å². The minimum Gasteiger partial charge on any atom is -0.455 e. The Labute approximate surface area is 303 Å². The van der Waals surface area contributed by atoms with Crippen LogP contribution >= 0.6 is 11.3 Å². The zero-order valence-electron chi connectivity index (χ0n) is 28.0. The zero-order chi connectivity index (χ0) is 34.2. The van der Waals surface area contributed by atoms with Crippen LogP contribution < -0.4 is 0 Å². The van der Waals surface area contributed by atoms with Crippen LogP contribution in [0.25, 0.3) is 108 Å². The molecule has 3 aromatic heterocycles. The van der Waals surface area contributed by atoms with Crippen LogP contribution in [0.4, 0.5) is 0 Å². The maximum atomic E-state index is 6.73. The molecule has 3 heteroatoms. The Hall–Kier alpha value is -6.55. The van der Waals surface area contributed by atoms with Crippen molar-refractivity contribution in [2.45, 2.75) is 0 Å². The summed E-state index contributed by atoms with van der Waals surface area (Å²) >= 11 is 1.88. The third-order valence-corrected chi connectivity index (χ3v) is 11.7. The zero-order valence-corrected chi connectivity index (χ0v) is 28.8. The van der Waals surface area contributed by atoms with Gasteiger partial charge in [0.25, 0.3) is 0 Å². The summed E-state index contributed by atoms with van der Waals surface area (Å²) in [6, 6.07) is 62.8. The van der Waals surface area contributed by atoms with E-state index < -0.39 is 0 Å². The lowest BCUT2D eigenvalue weighted by molar-refractivity contribution is 0.671. The van der Waals surface area contributed by atoms with Crippen LogP contribution in [0.5, 0.6) is 0 Å². The highest BCUT2D eigenvalue weighted by Crippen LogP contribution is 2.46. The molecule has 0 radical (unpaired) electrons. The van der Waals surface area contributed by atoms with Gasteiger partial charge in [-0.3, -0.25) is 0 Å². The van der Waals surface area contributed by atoms with Crippen molar-refractivity contribution in [3.8, 4) is 44.6 Å². The van der Waals surface area contributed by atoms with Gasteiger partial charge in [0.15, 0.2) is 0 Å². The standard InChI is InChI=1S/C49H29NOS/c1-3-12-30(13-4-1)35-18-9-20-37-38-21-10-19-36(48(38)51-47(35)37)32-26-24-31(25-27-32)34-17-11-23-43-44(34)41-29-28-40-45(49(41)52-43)39-16-7-8-22-42(39)50-46(40)33-14-5-2-6-15-33/h1-29H. The molecule has 11 aromatic rings. The molecule has 0 aliphatic heterocycles. The van der Waals surface area contributed by atoms with Gasteiger partial charge in [0.1, 0.15) is 11.2 Å². The largest absolute Gasteiger partial charge is 0.455 e. The smallest absolute Gasteiger partial charge is 0.143 e. The number of hydrogen-bond acceptors (Lipinski definition) is 3. The lowest BCUT2D eigenvalue weighted by atomic mass is 9.94. The summed E-state index contributed by atoms with van der Waals surface area (Å²) in [5, 5.41) is 8.50. The van der Waals surface area contributed by atoms with Crippen molar-refractivity contribution in [3.63, 3.8) is 0 Å². The number of nitrogens with zero attached hydrogens (tertiary/aromatic N) is 1. The number of aromatic nitrogens is 1. The van der Waals surface area contributed by atoms with Crippen molar-refractivity contribution in [2.75, 3.05) is 0 Å². The van der Waals surface area contributed by atoms with E-state index in [2.05, 4.69) is 176 Å². The predicted octanol–water partition coefficient (Wildman–Crippen LogP) is 14.3. The van der Waals surface area contributed by atoms with Gasteiger partial charge in [-0.2, -0.15) is 0 Å². The molecule has 0 amide bonds. The Morgan fingerprint density at radius 1 is 0.365 bits per heavy atom. The lowest BCUT2D eigenvalue weighted by Crippen LogP contribution is -1.89. The predicted molar refractivity (Wildman–Crippen MR) is 221 cm³/mol. The van der Waals surface area contributed by atoms with E-state index in [-0.39, 0.29) is 0 Å². The van der Waals surface area contributed by atoms with Crippen molar-refractivity contribution in [1.82, 2.24) is 4.98 Å². The Balaban J connectivity index is 1.07. The summed E-state index contributed by atoms with van der Waals surface area (Å²) < 4.78 is 9.32. The average molecular weight is 680 g/mol. The van der Waals surface area contributed by atoms with Crippen LogP contribution in [0.1, 0.15) is 0 Å². The first kappa shape index (κ1) is 29.2. The van der Waals surface area contributed by atoms with Gasteiger partial charge in [-0.15, -0.1) is 11.3 Å². The van der Waals surface area contributed by atoms with E-state index in [1.807, 2.05) is 11.3 Å². The summed E-state index contributed by atoms with van der Waals surface area (Å²) in [7, 11) is 0. The molecule has 0 fully saturated rings.